The average Bonchev–Trinajstić information content (AvgIpc) is 3.56. The lowest BCUT2D eigenvalue weighted by Crippen LogP contribution is -2.36. The number of hydrogen-bond acceptors (Lipinski definition) is 7. The molecular weight excluding hydrogens is 570 g/mol. The van der Waals surface area contributed by atoms with E-state index in [1.165, 1.54) is 51.8 Å². The van der Waals surface area contributed by atoms with Crippen LogP contribution in [0.1, 0.15) is 33.2 Å². The molecule has 0 fully saturated rings. The first kappa shape index (κ1) is 30.0. The highest BCUT2D eigenvalue weighted by Crippen LogP contribution is 2.39. The second-order valence-electron chi connectivity index (χ2n) is 9.67. The zero-order valence-electron chi connectivity index (χ0n) is 24.0. The number of ether oxygens (including phenoxy) is 4. The van der Waals surface area contributed by atoms with Gasteiger partial charge in [0.2, 0.25) is 0 Å². The number of methoxy groups -OCH3 is 3. The summed E-state index contributed by atoms with van der Waals surface area (Å²) < 4.78 is 51.7. The summed E-state index contributed by atoms with van der Waals surface area (Å²) in [6.07, 6.45) is 3.56. The number of hydrogen-bond donors (Lipinski definition) is 1. The molecule has 2 unspecified atom stereocenters. The number of benzene rings is 4. The molecule has 1 aliphatic rings. The maximum Gasteiger partial charge on any atom is 0.341 e. The number of carbonyl (C=O) groups is 2. The summed E-state index contributed by atoms with van der Waals surface area (Å²) in [5.74, 6) is -2.04. The van der Waals surface area contributed by atoms with Crippen LogP contribution in [0.4, 0.5) is 14.5 Å². The minimum atomic E-state index is -1.43. The molecule has 8 nitrogen and oxygen atoms in total. The molecule has 0 bridgehead atoms. The smallest absolute Gasteiger partial charge is 0.341 e. The van der Waals surface area contributed by atoms with E-state index in [-0.39, 0.29) is 22.6 Å². The van der Waals surface area contributed by atoms with Gasteiger partial charge in [-0.25, -0.2) is 13.6 Å². The molecule has 0 saturated heterocycles. The Balaban J connectivity index is 1.51. The first-order valence-corrected chi connectivity index (χ1v) is 13.5. The number of carbonyl (C=O) groups excluding carboxylic acids is 2. The third-order valence-electron chi connectivity index (χ3n) is 7.12. The number of esters is 1. The van der Waals surface area contributed by atoms with Gasteiger partial charge in [0.15, 0.2) is 23.1 Å². The number of anilines is 1. The van der Waals surface area contributed by atoms with Crippen LogP contribution in [0, 0.1) is 11.6 Å². The van der Waals surface area contributed by atoms with Crippen LogP contribution in [-0.2, 0) is 15.1 Å². The summed E-state index contributed by atoms with van der Waals surface area (Å²) in [5.41, 5.74) is -0.633. The molecule has 4 aromatic carbocycles. The number of halogens is 2. The largest absolute Gasteiger partial charge is 0.493 e. The second-order valence-corrected chi connectivity index (χ2v) is 9.67. The van der Waals surface area contributed by atoms with E-state index in [0.717, 1.165) is 12.1 Å². The van der Waals surface area contributed by atoms with Gasteiger partial charge < -0.3 is 24.3 Å². The van der Waals surface area contributed by atoms with E-state index >= 15 is 0 Å². The zero-order valence-corrected chi connectivity index (χ0v) is 24.0. The molecule has 0 aliphatic carbocycles. The predicted molar refractivity (Wildman–Crippen MR) is 161 cm³/mol. The Hall–Kier alpha value is -5.51. The molecular formula is C34H28F2N2O6. The van der Waals surface area contributed by atoms with Gasteiger partial charge in [0, 0.05) is 11.9 Å². The van der Waals surface area contributed by atoms with E-state index in [4.69, 9.17) is 18.9 Å². The monoisotopic (exact) mass is 598 g/mol. The van der Waals surface area contributed by atoms with Gasteiger partial charge in [-0.15, -0.1) is 0 Å². The summed E-state index contributed by atoms with van der Waals surface area (Å²) in [4.78, 5) is 31.1. The lowest BCUT2D eigenvalue weighted by molar-refractivity contribution is -0.119. The van der Waals surface area contributed by atoms with E-state index in [9.17, 15) is 18.4 Å². The van der Waals surface area contributed by atoms with Gasteiger partial charge in [0.05, 0.1) is 26.9 Å². The summed E-state index contributed by atoms with van der Waals surface area (Å²) in [5, 5.41) is 2.81. The summed E-state index contributed by atoms with van der Waals surface area (Å²) in [6, 6.07) is 21.3. The van der Waals surface area contributed by atoms with Crippen LogP contribution < -0.4 is 19.5 Å². The molecule has 0 spiro atoms. The van der Waals surface area contributed by atoms with Gasteiger partial charge in [0.25, 0.3) is 5.91 Å². The molecule has 4 aromatic rings. The number of aliphatic imine (C=N–C) groups is 1. The van der Waals surface area contributed by atoms with Gasteiger partial charge >= 0.3 is 5.97 Å². The van der Waals surface area contributed by atoms with Crippen molar-refractivity contribution in [2.45, 2.75) is 11.6 Å². The van der Waals surface area contributed by atoms with Crippen molar-refractivity contribution in [2.75, 3.05) is 26.6 Å². The fraction of sp³-hybridized carbons (Fsp3) is 0.147. The molecule has 224 valence electrons. The van der Waals surface area contributed by atoms with Crippen LogP contribution >= 0.6 is 0 Å². The molecule has 10 heteroatoms. The minimum absolute atomic E-state index is 0.0141. The molecule has 0 radical (unpaired) electrons. The maximum absolute atomic E-state index is 14.9. The van der Waals surface area contributed by atoms with Crippen molar-refractivity contribution in [3.8, 4) is 17.2 Å². The van der Waals surface area contributed by atoms with Crippen LogP contribution in [0.25, 0.3) is 0 Å². The minimum Gasteiger partial charge on any atom is -0.493 e. The first-order valence-electron chi connectivity index (χ1n) is 13.5. The Kier molecular flexibility index (Phi) is 8.71. The van der Waals surface area contributed by atoms with Crippen LogP contribution in [-0.4, -0.2) is 39.4 Å². The predicted octanol–water partition coefficient (Wildman–Crippen LogP) is 6.41. The second kappa shape index (κ2) is 12.8. The van der Waals surface area contributed by atoms with Gasteiger partial charge in [0.1, 0.15) is 22.9 Å². The molecule has 1 aliphatic heterocycles. The normalized spacial score (nSPS) is 15.8. The average molecular weight is 599 g/mol. The Labute approximate surface area is 252 Å². The first-order chi connectivity index (χ1) is 21.3. The molecule has 44 heavy (non-hydrogen) atoms. The number of nitrogens with one attached hydrogen (secondary N) is 1. The Bertz CT molecular complexity index is 1720. The number of allylic oxidation sites excluding steroid dienone is 1. The van der Waals surface area contributed by atoms with Crippen molar-refractivity contribution in [3.63, 3.8) is 0 Å². The van der Waals surface area contributed by atoms with Crippen molar-refractivity contribution >= 4 is 23.8 Å². The van der Waals surface area contributed by atoms with E-state index in [1.54, 1.807) is 60.7 Å². The summed E-state index contributed by atoms with van der Waals surface area (Å²) >= 11 is 0. The lowest BCUT2D eigenvalue weighted by Gasteiger charge is -2.25. The quantitative estimate of drug-likeness (QED) is 0.212. The highest BCUT2D eigenvalue weighted by molar-refractivity contribution is 6.04. The number of nitrogens with zero attached hydrogens (tertiary/aromatic N) is 1. The van der Waals surface area contributed by atoms with Crippen LogP contribution in [0.3, 0.4) is 0 Å². The third kappa shape index (κ3) is 5.74. The lowest BCUT2D eigenvalue weighted by atomic mass is 9.89. The standard InChI is InChI=1S/C34H28F2N2O6/c1-41-28-15-13-22(19-29(28)42-2)34(17-8-18-37-34)33(40)38-23-14-16-27(24(20-23)32(39)43-3)44-31(21-9-5-4-6-10-21)30-25(35)11-7-12-26(30)36/h4-20,31H,1-3H3,(H,38,40). The van der Waals surface area contributed by atoms with Crippen molar-refractivity contribution in [1.29, 1.82) is 0 Å². The van der Waals surface area contributed by atoms with Crippen molar-refractivity contribution < 1.29 is 37.3 Å². The summed E-state index contributed by atoms with van der Waals surface area (Å²) in [6.45, 7) is 0. The molecule has 2 atom stereocenters. The molecule has 0 saturated carbocycles. The van der Waals surface area contributed by atoms with E-state index < -0.39 is 35.2 Å². The number of rotatable bonds is 10. The van der Waals surface area contributed by atoms with Crippen LogP contribution in [0.5, 0.6) is 17.2 Å². The highest BCUT2D eigenvalue weighted by Gasteiger charge is 2.40. The molecule has 0 aromatic heterocycles. The maximum atomic E-state index is 14.9. The van der Waals surface area contributed by atoms with Gasteiger partial charge in [-0.3, -0.25) is 9.79 Å². The fourth-order valence-electron chi connectivity index (χ4n) is 4.91. The van der Waals surface area contributed by atoms with Crippen LogP contribution in [0.15, 0.2) is 102 Å². The van der Waals surface area contributed by atoms with E-state index in [0.29, 0.717) is 22.6 Å². The third-order valence-corrected chi connectivity index (χ3v) is 7.12. The molecule has 1 heterocycles. The van der Waals surface area contributed by atoms with E-state index in [1.807, 2.05) is 0 Å². The van der Waals surface area contributed by atoms with Crippen molar-refractivity contribution in [3.05, 3.63) is 131 Å². The Morgan fingerprint density at radius 3 is 2.16 bits per heavy atom. The van der Waals surface area contributed by atoms with Crippen LogP contribution in [0.2, 0.25) is 0 Å². The summed E-state index contributed by atoms with van der Waals surface area (Å²) in [7, 11) is 4.19. The zero-order chi connectivity index (χ0) is 31.3. The molecule has 5 rings (SSSR count). The van der Waals surface area contributed by atoms with Gasteiger partial charge in [-0.2, -0.15) is 0 Å². The van der Waals surface area contributed by atoms with Gasteiger partial charge in [-0.1, -0.05) is 42.5 Å². The highest BCUT2D eigenvalue weighted by atomic mass is 19.1. The van der Waals surface area contributed by atoms with Gasteiger partial charge in [-0.05, 0) is 65.7 Å². The topological polar surface area (TPSA) is 95.5 Å². The van der Waals surface area contributed by atoms with Crippen molar-refractivity contribution in [2.24, 2.45) is 4.99 Å². The van der Waals surface area contributed by atoms with E-state index in [2.05, 4.69) is 10.3 Å². The Morgan fingerprint density at radius 2 is 1.52 bits per heavy atom. The molecule has 1 N–H and O–H groups in total. The Morgan fingerprint density at radius 1 is 0.818 bits per heavy atom. The molecule has 1 amide bonds. The number of amides is 1. The SMILES string of the molecule is COC(=O)c1cc(NC(=O)C2(c3ccc(OC)c(OC)c3)C=CC=N2)ccc1OC(c1ccccc1)c1c(F)cccc1F. The van der Waals surface area contributed by atoms with Crippen molar-refractivity contribution in [1.82, 2.24) is 0 Å². The fourth-order valence-corrected chi connectivity index (χ4v) is 4.91.